The maximum atomic E-state index is 12.0. The molecular formula is C15H15NO3S. The van der Waals surface area contributed by atoms with Gasteiger partial charge in [0.2, 0.25) is 5.91 Å². The van der Waals surface area contributed by atoms with Gasteiger partial charge >= 0.3 is 5.97 Å². The van der Waals surface area contributed by atoms with Crippen LogP contribution >= 0.6 is 11.3 Å². The van der Waals surface area contributed by atoms with Gasteiger partial charge in [-0.3, -0.25) is 4.79 Å². The Kier molecular flexibility index (Phi) is 4.53. The van der Waals surface area contributed by atoms with Gasteiger partial charge in [0.15, 0.2) is 0 Å². The van der Waals surface area contributed by atoms with Crippen LogP contribution in [0.15, 0.2) is 41.8 Å². The van der Waals surface area contributed by atoms with Crippen molar-refractivity contribution in [3.8, 4) is 0 Å². The number of carboxylic acids is 1. The lowest BCUT2D eigenvalue weighted by Gasteiger charge is -2.11. The van der Waals surface area contributed by atoms with Gasteiger partial charge in [0, 0.05) is 11.4 Å². The van der Waals surface area contributed by atoms with Crippen molar-refractivity contribution >= 4 is 23.2 Å². The Morgan fingerprint density at radius 2 is 2.10 bits per heavy atom. The normalized spacial score (nSPS) is 11.8. The molecule has 4 nitrogen and oxygen atoms in total. The van der Waals surface area contributed by atoms with Gasteiger partial charge in [-0.25, -0.2) is 4.79 Å². The summed E-state index contributed by atoms with van der Waals surface area (Å²) < 4.78 is 0. The van der Waals surface area contributed by atoms with E-state index in [4.69, 9.17) is 5.11 Å². The van der Waals surface area contributed by atoms with E-state index in [1.165, 1.54) is 6.07 Å². The van der Waals surface area contributed by atoms with Gasteiger partial charge in [0.25, 0.3) is 0 Å². The van der Waals surface area contributed by atoms with Crippen LogP contribution in [0.5, 0.6) is 0 Å². The summed E-state index contributed by atoms with van der Waals surface area (Å²) in [7, 11) is 0. The zero-order chi connectivity index (χ0) is 14.5. The highest BCUT2D eigenvalue weighted by Gasteiger charge is 2.15. The fourth-order valence-electron chi connectivity index (χ4n) is 1.82. The summed E-state index contributed by atoms with van der Waals surface area (Å²) in [5.41, 5.74) is 1.000. The number of rotatable bonds is 5. The summed E-state index contributed by atoms with van der Waals surface area (Å²) in [6.07, 6.45) is 0. The molecule has 1 aromatic carbocycles. The van der Waals surface area contributed by atoms with E-state index in [-0.39, 0.29) is 17.4 Å². The molecule has 20 heavy (non-hydrogen) atoms. The van der Waals surface area contributed by atoms with E-state index in [0.29, 0.717) is 6.54 Å². The molecule has 0 unspecified atom stereocenters. The molecule has 1 heterocycles. The fourth-order valence-corrected chi connectivity index (χ4v) is 2.61. The number of carbonyl (C=O) groups is 2. The highest BCUT2D eigenvalue weighted by molar-refractivity contribution is 7.10. The summed E-state index contributed by atoms with van der Waals surface area (Å²) in [6, 6.07) is 10.4. The van der Waals surface area contributed by atoms with Gasteiger partial charge in [-0.05, 0) is 36.1 Å². The first-order valence-corrected chi connectivity index (χ1v) is 7.09. The summed E-state index contributed by atoms with van der Waals surface area (Å²) in [5.74, 6) is -1.23. The Labute approximate surface area is 121 Å². The third-order valence-corrected chi connectivity index (χ3v) is 4.06. The quantitative estimate of drug-likeness (QED) is 0.889. The van der Waals surface area contributed by atoms with Crippen molar-refractivity contribution in [3.05, 3.63) is 57.8 Å². The molecule has 2 rings (SSSR count). The van der Waals surface area contributed by atoms with Crippen molar-refractivity contribution in [1.82, 2.24) is 5.32 Å². The SMILES string of the molecule is C[C@@H](C(=O)NCc1cccc(C(=O)O)c1)c1cccs1. The van der Waals surface area contributed by atoms with Crippen LogP contribution in [0.1, 0.15) is 33.6 Å². The van der Waals surface area contributed by atoms with Crippen molar-refractivity contribution in [2.75, 3.05) is 0 Å². The summed E-state index contributed by atoms with van der Waals surface area (Å²) >= 11 is 1.55. The summed E-state index contributed by atoms with van der Waals surface area (Å²) in [5, 5.41) is 13.7. The molecule has 0 fully saturated rings. The van der Waals surface area contributed by atoms with Gasteiger partial charge in [-0.2, -0.15) is 0 Å². The molecule has 1 atom stereocenters. The number of nitrogens with one attached hydrogen (secondary N) is 1. The van der Waals surface area contributed by atoms with Crippen molar-refractivity contribution in [3.63, 3.8) is 0 Å². The summed E-state index contributed by atoms with van der Waals surface area (Å²) in [6.45, 7) is 2.19. The summed E-state index contributed by atoms with van der Waals surface area (Å²) in [4.78, 5) is 23.9. The molecule has 0 saturated heterocycles. The standard InChI is InChI=1S/C15H15NO3S/c1-10(13-6-3-7-20-13)14(17)16-9-11-4-2-5-12(8-11)15(18)19/h2-8,10H,9H2,1H3,(H,16,17)(H,18,19)/t10-/m1/s1. The van der Waals surface area contributed by atoms with Crippen molar-refractivity contribution in [2.24, 2.45) is 0 Å². The first-order valence-electron chi connectivity index (χ1n) is 6.21. The second kappa shape index (κ2) is 6.34. The second-order valence-electron chi connectivity index (χ2n) is 4.46. The predicted octanol–water partition coefficient (Wildman–Crippen LogP) is 2.87. The Morgan fingerprint density at radius 3 is 2.75 bits per heavy atom. The van der Waals surface area contributed by atoms with Gasteiger partial charge in [0.05, 0.1) is 11.5 Å². The number of thiophene rings is 1. The van der Waals surface area contributed by atoms with Crippen molar-refractivity contribution in [2.45, 2.75) is 19.4 Å². The average molecular weight is 289 g/mol. The molecule has 2 N–H and O–H groups in total. The molecule has 0 spiro atoms. The molecule has 1 amide bonds. The van der Waals surface area contributed by atoms with E-state index < -0.39 is 5.97 Å². The Bertz CT molecular complexity index is 607. The minimum atomic E-state index is -0.967. The lowest BCUT2D eigenvalue weighted by molar-refractivity contribution is -0.122. The van der Waals surface area contributed by atoms with Crippen LogP contribution in [-0.4, -0.2) is 17.0 Å². The molecule has 0 aliphatic carbocycles. The number of hydrogen-bond acceptors (Lipinski definition) is 3. The predicted molar refractivity (Wildman–Crippen MR) is 78.0 cm³/mol. The van der Waals surface area contributed by atoms with E-state index >= 15 is 0 Å². The lowest BCUT2D eigenvalue weighted by Crippen LogP contribution is -2.27. The Balaban J connectivity index is 1.96. The molecule has 5 heteroatoms. The van der Waals surface area contributed by atoms with Crippen molar-refractivity contribution < 1.29 is 14.7 Å². The average Bonchev–Trinajstić information content (AvgIpc) is 2.98. The van der Waals surface area contributed by atoms with Gasteiger partial charge in [0.1, 0.15) is 0 Å². The van der Waals surface area contributed by atoms with Crippen LogP contribution in [0.3, 0.4) is 0 Å². The molecule has 104 valence electrons. The van der Waals surface area contributed by atoms with E-state index in [2.05, 4.69) is 5.32 Å². The Morgan fingerprint density at radius 1 is 1.30 bits per heavy atom. The minimum Gasteiger partial charge on any atom is -0.478 e. The maximum absolute atomic E-state index is 12.0. The van der Waals surface area contributed by atoms with E-state index in [1.807, 2.05) is 24.4 Å². The van der Waals surface area contributed by atoms with Crippen LogP contribution < -0.4 is 5.32 Å². The number of benzene rings is 1. The molecule has 0 radical (unpaired) electrons. The minimum absolute atomic E-state index is 0.0619. The monoisotopic (exact) mass is 289 g/mol. The second-order valence-corrected chi connectivity index (χ2v) is 5.44. The first kappa shape index (κ1) is 14.3. The Hall–Kier alpha value is -2.14. The molecule has 0 saturated carbocycles. The van der Waals surface area contributed by atoms with Crippen LogP contribution in [-0.2, 0) is 11.3 Å². The number of aromatic carboxylic acids is 1. The third-order valence-electron chi connectivity index (χ3n) is 3.00. The molecule has 0 aliphatic rings. The fraction of sp³-hybridized carbons (Fsp3) is 0.200. The first-order chi connectivity index (χ1) is 9.58. The van der Waals surface area contributed by atoms with Crippen LogP contribution in [0.4, 0.5) is 0 Å². The van der Waals surface area contributed by atoms with Crippen molar-refractivity contribution in [1.29, 1.82) is 0 Å². The highest BCUT2D eigenvalue weighted by atomic mass is 32.1. The number of carbonyl (C=O) groups excluding carboxylic acids is 1. The van der Waals surface area contributed by atoms with Gasteiger partial charge < -0.3 is 10.4 Å². The highest BCUT2D eigenvalue weighted by Crippen LogP contribution is 2.20. The zero-order valence-electron chi connectivity index (χ0n) is 11.0. The largest absolute Gasteiger partial charge is 0.478 e. The molecular weight excluding hydrogens is 274 g/mol. The maximum Gasteiger partial charge on any atom is 0.335 e. The molecule has 0 bridgehead atoms. The number of carboxylic acid groups (broad SMARTS) is 1. The molecule has 1 aromatic heterocycles. The van der Waals surface area contributed by atoms with E-state index in [1.54, 1.807) is 29.5 Å². The van der Waals surface area contributed by atoms with Crippen LogP contribution in [0, 0.1) is 0 Å². The lowest BCUT2D eigenvalue weighted by atomic mass is 10.1. The topological polar surface area (TPSA) is 66.4 Å². The number of hydrogen-bond donors (Lipinski definition) is 2. The van der Waals surface area contributed by atoms with Gasteiger partial charge in [-0.1, -0.05) is 18.2 Å². The van der Waals surface area contributed by atoms with Gasteiger partial charge in [-0.15, -0.1) is 11.3 Å². The van der Waals surface area contributed by atoms with Crippen LogP contribution in [0.25, 0.3) is 0 Å². The van der Waals surface area contributed by atoms with Crippen LogP contribution in [0.2, 0.25) is 0 Å². The zero-order valence-corrected chi connectivity index (χ0v) is 11.8. The molecule has 2 aromatic rings. The van der Waals surface area contributed by atoms with E-state index in [0.717, 1.165) is 10.4 Å². The van der Waals surface area contributed by atoms with E-state index in [9.17, 15) is 9.59 Å². The number of amides is 1. The smallest absolute Gasteiger partial charge is 0.335 e. The third kappa shape index (κ3) is 3.45. The molecule has 0 aliphatic heterocycles.